The van der Waals surface area contributed by atoms with Gasteiger partial charge in [-0.2, -0.15) is 0 Å². The van der Waals surface area contributed by atoms with Crippen LogP contribution in [0.25, 0.3) is 0 Å². The summed E-state index contributed by atoms with van der Waals surface area (Å²) in [5, 5.41) is 6.49. The summed E-state index contributed by atoms with van der Waals surface area (Å²) in [6, 6.07) is 8.42. The van der Waals surface area contributed by atoms with E-state index in [4.69, 9.17) is 4.74 Å². The second-order valence-corrected chi connectivity index (χ2v) is 9.23. The molecule has 30 heavy (non-hydrogen) atoms. The van der Waals surface area contributed by atoms with Crippen LogP contribution in [0.5, 0.6) is 5.75 Å². The fourth-order valence-corrected chi connectivity index (χ4v) is 4.87. The van der Waals surface area contributed by atoms with Gasteiger partial charge in [0.25, 0.3) is 5.91 Å². The largest absolute Gasteiger partial charge is 0.484 e. The van der Waals surface area contributed by atoms with E-state index in [-0.39, 0.29) is 12.5 Å². The first-order valence-electron chi connectivity index (χ1n) is 11.6. The van der Waals surface area contributed by atoms with Gasteiger partial charge in [-0.25, -0.2) is 0 Å². The van der Waals surface area contributed by atoms with Crippen LogP contribution in [0.3, 0.4) is 0 Å². The van der Waals surface area contributed by atoms with Gasteiger partial charge in [0.15, 0.2) is 12.6 Å². The number of likely N-dealkylation sites (tertiary alicyclic amines) is 1. The average Bonchev–Trinajstić information content (AvgIpc) is 3.50. The maximum atomic E-state index is 11.7. The molecule has 0 radical (unpaired) electrons. The molecule has 1 amide bonds. The van der Waals surface area contributed by atoms with E-state index in [1.165, 1.54) is 44.1 Å². The normalized spacial score (nSPS) is 21.0. The van der Waals surface area contributed by atoms with Crippen LogP contribution in [-0.4, -0.2) is 56.1 Å². The fourth-order valence-electron chi connectivity index (χ4n) is 4.87. The highest BCUT2D eigenvalue weighted by atomic mass is 16.5. The molecule has 1 spiro atoms. The molecule has 0 unspecified atom stereocenters. The lowest BCUT2D eigenvalue weighted by atomic mass is 9.73. The second-order valence-electron chi connectivity index (χ2n) is 9.23. The molecule has 0 aromatic heterocycles. The summed E-state index contributed by atoms with van der Waals surface area (Å²) in [6.07, 6.45) is 11.4. The highest BCUT2D eigenvalue weighted by Crippen LogP contribution is 2.43. The number of amides is 1. The molecule has 3 fully saturated rings. The molecule has 2 aliphatic carbocycles. The Kier molecular flexibility index (Phi) is 6.80. The Bertz CT molecular complexity index is 736. The Labute approximate surface area is 180 Å². The van der Waals surface area contributed by atoms with Crippen molar-refractivity contribution in [3.63, 3.8) is 0 Å². The summed E-state index contributed by atoms with van der Waals surface area (Å²) < 4.78 is 5.58. The van der Waals surface area contributed by atoms with Crippen molar-refractivity contribution in [2.24, 2.45) is 10.4 Å². The number of rotatable bonds is 7. The number of carbonyl (C=O) groups is 1. The molecule has 1 aromatic rings. The molecule has 1 aliphatic heterocycles. The van der Waals surface area contributed by atoms with Gasteiger partial charge in [-0.3, -0.25) is 9.79 Å². The van der Waals surface area contributed by atoms with Crippen LogP contribution in [0.2, 0.25) is 0 Å². The molecule has 1 heterocycles. The zero-order chi connectivity index (χ0) is 20.8. The monoisotopic (exact) mass is 412 g/mol. The van der Waals surface area contributed by atoms with Crippen LogP contribution in [-0.2, 0) is 11.2 Å². The van der Waals surface area contributed by atoms with Gasteiger partial charge < -0.3 is 20.3 Å². The Morgan fingerprint density at radius 3 is 2.63 bits per heavy atom. The van der Waals surface area contributed by atoms with Crippen molar-refractivity contribution in [2.75, 3.05) is 33.3 Å². The molecule has 1 aromatic carbocycles. The van der Waals surface area contributed by atoms with Gasteiger partial charge in [0.2, 0.25) is 0 Å². The lowest BCUT2D eigenvalue weighted by Crippen LogP contribution is -2.42. The molecule has 6 nitrogen and oxygen atoms in total. The van der Waals surface area contributed by atoms with Crippen LogP contribution < -0.4 is 15.4 Å². The van der Waals surface area contributed by atoms with Crippen LogP contribution in [0, 0.1) is 5.41 Å². The fraction of sp³-hybridized carbons (Fsp3) is 0.667. The molecule has 164 valence electrons. The first kappa shape index (κ1) is 21.0. The van der Waals surface area contributed by atoms with E-state index in [1.54, 1.807) is 0 Å². The zero-order valence-corrected chi connectivity index (χ0v) is 18.3. The van der Waals surface area contributed by atoms with Gasteiger partial charge >= 0.3 is 0 Å². The third-order valence-corrected chi connectivity index (χ3v) is 6.80. The number of carbonyl (C=O) groups excluding carboxylic acids is 1. The summed E-state index contributed by atoms with van der Waals surface area (Å²) in [4.78, 5) is 18.7. The van der Waals surface area contributed by atoms with Crippen molar-refractivity contribution in [1.82, 2.24) is 15.5 Å². The molecule has 6 heteroatoms. The van der Waals surface area contributed by atoms with Gasteiger partial charge in [0.05, 0.1) is 0 Å². The lowest BCUT2D eigenvalue weighted by molar-refractivity contribution is -0.123. The predicted molar refractivity (Wildman–Crippen MR) is 120 cm³/mol. The van der Waals surface area contributed by atoms with Gasteiger partial charge in [0, 0.05) is 32.7 Å². The van der Waals surface area contributed by atoms with E-state index in [9.17, 15) is 4.79 Å². The van der Waals surface area contributed by atoms with Crippen molar-refractivity contribution in [1.29, 1.82) is 0 Å². The lowest BCUT2D eigenvalue weighted by Gasteiger charge is -2.33. The maximum absolute atomic E-state index is 11.7. The van der Waals surface area contributed by atoms with Crippen LogP contribution >= 0.6 is 0 Å². The van der Waals surface area contributed by atoms with Crippen LogP contribution in [0.15, 0.2) is 29.3 Å². The molecule has 2 N–H and O–H groups in total. The number of ether oxygens (including phenoxy) is 1. The molecular weight excluding hydrogens is 376 g/mol. The molecule has 1 saturated heterocycles. The van der Waals surface area contributed by atoms with E-state index < -0.39 is 0 Å². The van der Waals surface area contributed by atoms with Gasteiger partial charge in [-0.15, -0.1) is 0 Å². The number of benzene rings is 1. The standard InChI is InChI=1S/C24H36N4O2/c1-25-23(28-16-14-24(18-28)12-3-2-4-13-24)26-15-11-19-5-9-21(10-6-19)30-17-22(29)27-20-7-8-20/h5-6,9-10,20H,2-4,7-8,11-18H2,1H3,(H,25,26)(H,27,29). The third-order valence-electron chi connectivity index (χ3n) is 6.80. The van der Waals surface area contributed by atoms with Crippen LogP contribution in [0.4, 0.5) is 0 Å². The van der Waals surface area contributed by atoms with E-state index in [2.05, 4.69) is 32.7 Å². The topological polar surface area (TPSA) is 66.0 Å². The van der Waals surface area contributed by atoms with Crippen LogP contribution in [0.1, 0.15) is 56.9 Å². The average molecular weight is 413 g/mol. The highest BCUT2D eigenvalue weighted by Gasteiger charge is 2.39. The van der Waals surface area contributed by atoms with Crippen molar-refractivity contribution in [3.8, 4) is 5.75 Å². The summed E-state index contributed by atoms with van der Waals surface area (Å²) in [7, 11) is 1.89. The SMILES string of the molecule is CN=C(NCCc1ccc(OCC(=O)NC2CC2)cc1)N1CCC2(CCCCC2)C1. The third kappa shape index (κ3) is 5.67. The van der Waals surface area contributed by atoms with E-state index >= 15 is 0 Å². The number of nitrogens with one attached hydrogen (secondary N) is 2. The molecule has 0 bridgehead atoms. The smallest absolute Gasteiger partial charge is 0.258 e. The molecule has 0 atom stereocenters. The van der Waals surface area contributed by atoms with Crippen molar-refractivity contribution in [3.05, 3.63) is 29.8 Å². The van der Waals surface area contributed by atoms with Crippen molar-refractivity contribution >= 4 is 11.9 Å². The number of aliphatic imine (C=N–C) groups is 1. The Morgan fingerprint density at radius 1 is 1.17 bits per heavy atom. The summed E-state index contributed by atoms with van der Waals surface area (Å²) in [6.45, 7) is 3.23. The molecule has 4 rings (SSSR count). The first-order chi connectivity index (χ1) is 14.7. The molecule has 2 saturated carbocycles. The van der Waals surface area contributed by atoms with Gasteiger partial charge in [0.1, 0.15) is 5.75 Å². The van der Waals surface area contributed by atoms with Crippen molar-refractivity contribution in [2.45, 2.75) is 63.8 Å². The maximum Gasteiger partial charge on any atom is 0.258 e. The summed E-state index contributed by atoms with van der Waals surface area (Å²) >= 11 is 0. The van der Waals surface area contributed by atoms with E-state index in [0.717, 1.165) is 50.6 Å². The molecular formula is C24H36N4O2. The Morgan fingerprint density at radius 2 is 1.93 bits per heavy atom. The van der Waals surface area contributed by atoms with Gasteiger partial charge in [-0.1, -0.05) is 31.4 Å². The number of hydrogen-bond acceptors (Lipinski definition) is 3. The highest BCUT2D eigenvalue weighted by molar-refractivity contribution is 5.80. The minimum absolute atomic E-state index is 0.0333. The quantitative estimate of drug-likeness (QED) is 0.533. The second kappa shape index (κ2) is 9.71. The molecule has 3 aliphatic rings. The number of nitrogens with zero attached hydrogens (tertiary/aromatic N) is 2. The van der Waals surface area contributed by atoms with E-state index in [0.29, 0.717) is 11.5 Å². The Hall–Kier alpha value is -2.24. The minimum Gasteiger partial charge on any atom is -0.484 e. The number of guanidine groups is 1. The van der Waals surface area contributed by atoms with Gasteiger partial charge in [-0.05, 0) is 61.6 Å². The summed E-state index contributed by atoms with van der Waals surface area (Å²) in [5.41, 5.74) is 1.79. The zero-order valence-electron chi connectivity index (χ0n) is 18.3. The minimum atomic E-state index is -0.0333. The van der Waals surface area contributed by atoms with Crippen molar-refractivity contribution < 1.29 is 9.53 Å². The summed E-state index contributed by atoms with van der Waals surface area (Å²) in [5.74, 6) is 1.75. The predicted octanol–water partition coefficient (Wildman–Crippen LogP) is 3.12. The first-order valence-corrected chi connectivity index (χ1v) is 11.6. The Balaban J connectivity index is 1.18. The number of hydrogen-bond donors (Lipinski definition) is 2. The van der Waals surface area contributed by atoms with E-state index in [1.807, 2.05) is 19.2 Å².